The number of alkyl halides is 2. The molecule has 0 amide bonds. The summed E-state index contributed by atoms with van der Waals surface area (Å²) in [6, 6.07) is 2.98. The number of hydrogen-bond acceptors (Lipinski definition) is 2. The van der Waals surface area contributed by atoms with Gasteiger partial charge in [-0.15, -0.1) is 0 Å². The van der Waals surface area contributed by atoms with E-state index in [1.54, 1.807) is 0 Å². The predicted molar refractivity (Wildman–Crippen MR) is 42.4 cm³/mol. The SMILES string of the molecule is N#CCCn1nc(C(F)F)cc1Cl. The molecule has 70 valence electrons. The molecule has 6 heteroatoms. The summed E-state index contributed by atoms with van der Waals surface area (Å²) >= 11 is 5.58. The highest BCUT2D eigenvalue weighted by molar-refractivity contribution is 6.29. The number of nitrogens with zero attached hydrogens (tertiary/aromatic N) is 3. The van der Waals surface area contributed by atoms with E-state index in [1.807, 2.05) is 6.07 Å². The Hall–Kier alpha value is -1.15. The quantitative estimate of drug-likeness (QED) is 0.760. The molecule has 0 N–H and O–H groups in total. The van der Waals surface area contributed by atoms with Crippen molar-refractivity contribution in [1.29, 1.82) is 5.26 Å². The molecule has 13 heavy (non-hydrogen) atoms. The lowest BCUT2D eigenvalue weighted by molar-refractivity contribution is 0.145. The topological polar surface area (TPSA) is 41.6 Å². The zero-order chi connectivity index (χ0) is 9.84. The predicted octanol–water partition coefficient (Wildman–Crippen LogP) is 2.39. The molecule has 3 nitrogen and oxygen atoms in total. The molecule has 0 saturated carbocycles. The van der Waals surface area contributed by atoms with Crippen molar-refractivity contribution in [2.24, 2.45) is 0 Å². The minimum absolute atomic E-state index is 0.130. The fourth-order valence-electron chi connectivity index (χ4n) is 0.832. The zero-order valence-corrected chi connectivity index (χ0v) is 7.30. The third-order valence-electron chi connectivity index (χ3n) is 1.41. The Kier molecular flexibility index (Phi) is 3.20. The van der Waals surface area contributed by atoms with E-state index < -0.39 is 6.43 Å². The van der Waals surface area contributed by atoms with E-state index in [9.17, 15) is 8.78 Å². The van der Waals surface area contributed by atoms with Crippen molar-refractivity contribution in [2.45, 2.75) is 19.4 Å². The van der Waals surface area contributed by atoms with Crippen LogP contribution in [0, 0.1) is 11.3 Å². The van der Waals surface area contributed by atoms with E-state index in [0.717, 1.165) is 6.07 Å². The number of aromatic nitrogens is 2. The standard InChI is InChI=1S/C7H6ClF2N3/c8-6-4-5(7(9)10)12-13(6)3-1-2-11/h4,7H,1,3H2. The number of nitriles is 1. The van der Waals surface area contributed by atoms with Gasteiger partial charge in [-0.3, -0.25) is 4.68 Å². The zero-order valence-electron chi connectivity index (χ0n) is 6.54. The molecule has 1 aromatic heterocycles. The van der Waals surface area contributed by atoms with Crippen molar-refractivity contribution < 1.29 is 8.78 Å². The fourth-order valence-corrected chi connectivity index (χ4v) is 1.07. The Balaban J connectivity index is 2.79. The molecule has 0 unspecified atom stereocenters. The lowest BCUT2D eigenvalue weighted by Crippen LogP contribution is -2.00. The first kappa shape index (κ1) is 9.93. The number of halogens is 3. The van der Waals surface area contributed by atoms with Gasteiger partial charge in [0.05, 0.1) is 19.0 Å². The molecular weight excluding hydrogens is 200 g/mol. The summed E-state index contributed by atoms with van der Waals surface area (Å²) in [4.78, 5) is 0. The first-order valence-corrected chi connectivity index (χ1v) is 3.91. The average Bonchev–Trinajstić information content (AvgIpc) is 2.44. The summed E-state index contributed by atoms with van der Waals surface area (Å²) in [6.45, 7) is 0.238. The molecule has 0 fully saturated rings. The largest absolute Gasteiger partial charge is 0.282 e. The highest BCUT2D eigenvalue weighted by Crippen LogP contribution is 2.20. The van der Waals surface area contributed by atoms with Crippen LogP contribution in [0.15, 0.2) is 6.07 Å². The molecule has 0 aromatic carbocycles. The van der Waals surface area contributed by atoms with Gasteiger partial charge in [-0.1, -0.05) is 11.6 Å². The minimum atomic E-state index is -2.62. The van der Waals surface area contributed by atoms with Crippen molar-refractivity contribution in [3.8, 4) is 6.07 Å². The van der Waals surface area contributed by atoms with Crippen molar-refractivity contribution in [2.75, 3.05) is 0 Å². The van der Waals surface area contributed by atoms with Gasteiger partial charge in [-0.25, -0.2) is 8.78 Å². The van der Waals surface area contributed by atoms with Gasteiger partial charge in [0, 0.05) is 6.07 Å². The molecule has 1 heterocycles. The Bertz CT molecular complexity index is 329. The van der Waals surface area contributed by atoms with Gasteiger partial charge in [0.2, 0.25) is 0 Å². The van der Waals surface area contributed by atoms with E-state index in [1.165, 1.54) is 4.68 Å². The van der Waals surface area contributed by atoms with Crippen LogP contribution in [0.5, 0.6) is 0 Å². The number of hydrogen-bond donors (Lipinski definition) is 0. The Labute approximate surface area is 78.5 Å². The van der Waals surface area contributed by atoms with Crippen LogP contribution in [-0.2, 0) is 6.54 Å². The van der Waals surface area contributed by atoms with Crippen molar-refractivity contribution >= 4 is 11.6 Å². The Morgan fingerprint density at radius 1 is 1.69 bits per heavy atom. The Morgan fingerprint density at radius 3 is 2.85 bits per heavy atom. The van der Waals surface area contributed by atoms with E-state index in [2.05, 4.69) is 5.10 Å². The van der Waals surface area contributed by atoms with E-state index in [4.69, 9.17) is 16.9 Å². The summed E-state index contributed by atoms with van der Waals surface area (Å²) in [7, 11) is 0. The average molecular weight is 206 g/mol. The fraction of sp³-hybridized carbons (Fsp3) is 0.429. The summed E-state index contributed by atoms with van der Waals surface area (Å²) in [5.74, 6) is 0. The molecule has 0 aliphatic heterocycles. The van der Waals surface area contributed by atoms with Crippen LogP contribution in [0.2, 0.25) is 5.15 Å². The van der Waals surface area contributed by atoms with Crippen LogP contribution in [-0.4, -0.2) is 9.78 Å². The van der Waals surface area contributed by atoms with E-state index in [0.29, 0.717) is 0 Å². The molecule has 0 radical (unpaired) electrons. The number of aryl methyl sites for hydroxylation is 1. The molecule has 0 spiro atoms. The normalized spacial score (nSPS) is 10.4. The highest BCUT2D eigenvalue weighted by Gasteiger charge is 2.13. The van der Waals surface area contributed by atoms with Crippen molar-refractivity contribution in [3.63, 3.8) is 0 Å². The van der Waals surface area contributed by atoms with Gasteiger partial charge in [0.1, 0.15) is 10.8 Å². The lowest BCUT2D eigenvalue weighted by Gasteiger charge is -1.96. The number of rotatable bonds is 3. The van der Waals surface area contributed by atoms with Crippen molar-refractivity contribution in [1.82, 2.24) is 9.78 Å². The van der Waals surface area contributed by atoms with Crippen molar-refractivity contribution in [3.05, 3.63) is 16.9 Å². The van der Waals surface area contributed by atoms with Crippen LogP contribution in [0.1, 0.15) is 18.5 Å². The molecule has 0 aliphatic carbocycles. The van der Waals surface area contributed by atoms with Gasteiger partial charge < -0.3 is 0 Å². The summed E-state index contributed by atoms with van der Waals surface area (Å²) in [5, 5.41) is 11.9. The van der Waals surface area contributed by atoms with Crippen LogP contribution in [0.25, 0.3) is 0 Å². The second kappa shape index (κ2) is 4.19. The molecule has 1 aromatic rings. The third kappa shape index (κ3) is 2.39. The monoisotopic (exact) mass is 205 g/mol. The maximum absolute atomic E-state index is 12.1. The van der Waals surface area contributed by atoms with Gasteiger partial charge in [-0.2, -0.15) is 10.4 Å². The summed E-state index contributed by atoms with van der Waals surface area (Å²) in [5.41, 5.74) is -0.358. The first-order valence-electron chi connectivity index (χ1n) is 3.53. The molecule has 0 bridgehead atoms. The molecule has 0 saturated heterocycles. The summed E-state index contributed by atoms with van der Waals surface area (Å²) < 4.78 is 25.4. The maximum atomic E-state index is 12.1. The van der Waals surface area contributed by atoms with Crippen LogP contribution >= 0.6 is 11.6 Å². The minimum Gasteiger partial charge on any atom is -0.253 e. The molecule has 0 aliphatic rings. The molecule has 1 rings (SSSR count). The Morgan fingerprint density at radius 2 is 2.38 bits per heavy atom. The van der Waals surface area contributed by atoms with Gasteiger partial charge in [0.25, 0.3) is 6.43 Å². The molecular formula is C7H6ClF2N3. The molecule has 0 atom stereocenters. The smallest absolute Gasteiger partial charge is 0.253 e. The summed E-state index contributed by atoms with van der Waals surface area (Å²) in [6.07, 6.45) is -2.43. The lowest BCUT2D eigenvalue weighted by atomic mass is 10.4. The highest BCUT2D eigenvalue weighted by atomic mass is 35.5. The van der Waals surface area contributed by atoms with Crippen LogP contribution in [0.4, 0.5) is 8.78 Å². The second-order valence-electron chi connectivity index (χ2n) is 2.32. The van der Waals surface area contributed by atoms with E-state index >= 15 is 0 Å². The van der Waals surface area contributed by atoms with Crippen LogP contribution in [0.3, 0.4) is 0 Å². The van der Waals surface area contributed by atoms with Crippen LogP contribution < -0.4 is 0 Å². The maximum Gasteiger partial charge on any atom is 0.282 e. The van der Waals surface area contributed by atoms with E-state index in [-0.39, 0.29) is 23.8 Å². The second-order valence-corrected chi connectivity index (χ2v) is 2.71. The van der Waals surface area contributed by atoms with Gasteiger partial charge >= 0.3 is 0 Å². The first-order chi connectivity index (χ1) is 6.15. The van der Waals surface area contributed by atoms with Gasteiger partial charge in [-0.05, 0) is 0 Å². The third-order valence-corrected chi connectivity index (χ3v) is 1.71. The van der Waals surface area contributed by atoms with Gasteiger partial charge in [0.15, 0.2) is 0 Å².